The van der Waals surface area contributed by atoms with Gasteiger partial charge >= 0.3 is 0 Å². The van der Waals surface area contributed by atoms with E-state index in [0.717, 1.165) is 17.0 Å². The van der Waals surface area contributed by atoms with Gasteiger partial charge in [0.15, 0.2) is 0 Å². The third kappa shape index (κ3) is 4.80. The summed E-state index contributed by atoms with van der Waals surface area (Å²) in [5, 5.41) is 6.51. The van der Waals surface area contributed by atoms with E-state index in [9.17, 15) is 4.79 Å². The third-order valence-electron chi connectivity index (χ3n) is 3.37. The maximum absolute atomic E-state index is 12.1. The average Bonchev–Trinajstić information content (AvgIpc) is 2.57. The van der Waals surface area contributed by atoms with Crippen LogP contribution in [0.25, 0.3) is 0 Å². The Kier molecular flexibility index (Phi) is 6.32. The zero-order valence-electron chi connectivity index (χ0n) is 14.0. The highest BCUT2D eigenvalue weighted by Gasteiger charge is 2.09. The van der Waals surface area contributed by atoms with Crippen LogP contribution in [0.4, 0.5) is 11.4 Å². The van der Waals surface area contributed by atoms with Crippen molar-refractivity contribution in [3.05, 3.63) is 47.0 Å². The van der Waals surface area contributed by atoms with E-state index in [2.05, 4.69) is 10.6 Å². The summed E-state index contributed by atoms with van der Waals surface area (Å²) in [6, 6.07) is 10.8. The molecule has 0 radical (unpaired) electrons. The number of nitrogens with one attached hydrogen (secondary N) is 2. The number of anilines is 2. The second-order valence-electron chi connectivity index (χ2n) is 5.16. The Hall–Kier alpha value is -2.40. The first kappa shape index (κ1) is 17.9. The smallest absolute Gasteiger partial charge is 0.243 e. The lowest BCUT2D eigenvalue weighted by Crippen LogP contribution is -2.22. The number of hydrogen-bond acceptors (Lipinski definition) is 4. The van der Waals surface area contributed by atoms with E-state index in [0.29, 0.717) is 23.1 Å². The molecular formula is C18H21ClN2O3. The number of methoxy groups -OCH3 is 1. The van der Waals surface area contributed by atoms with Gasteiger partial charge in [-0.05, 0) is 49.7 Å². The van der Waals surface area contributed by atoms with Crippen molar-refractivity contribution < 1.29 is 14.3 Å². The highest BCUT2D eigenvalue weighted by atomic mass is 35.5. The van der Waals surface area contributed by atoms with Gasteiger partial charge in [0.25, 0.3) is 0 Å². The molecule has 24 heavy (non-hydrogen) atoms. The molecule has 0 aliphatic rings. The molecule has 2 rings (SSSR count). The Morgan fingerprint density at radius 3 is 2.54 bits per heavy atom. The number of carbonyl (C=O) groups excluding carboxylic acids is 1. The number of halogens is 1. The van der Waals surface area contributed by atoms with Gasteiger partial charge in [-0.15, -0.1) is 0 Å². The molecule has 0 unspecified atom stereocenters. The number of aryl methyl sites for hydroxylation is 1. The number of benzene rings is 2. The van der Waals surface area contributed by atoms with Crippen molar-refractivity contribution in [3.8, 4) is 11.5 Å². The van der Waals surface area contributed by atoms with Gasteiger partial charge in [-0.2, -0.15) is 0 Å². The van der Waals surface area contributed by atoms with Gasteiger partial charge in [0, 0.05) is 16.8 Å². The van der Waals surface area contributed by atoms with Crippen molar-refractivity contribution in [2.24, 2.45) is 0 Å². The molecule has 0 heterocycles. The molecular weight excluding hydrogens is 328 g/mol. The van der Waals surface area contributed by atoms with Gasteiger partial charge in [0.1, 0.15) is 11.5 Å². The van der Waals surface area contributed by atoms with Crippen LogP contribution in [-0.4, -0.2) is 26.2 Å². The Balaban J connectivity index is 1.94. The minimum Gasteiger partial charge on any atom is -0.495 e. The molecule has 2 aromatic carbocycles. The molecule has 0 saturated heterocycles. The molecule has 0 spiro atoms. The third-order valence-corrected chi connectivity index (χ3v) is 3.78. The first-order valence-electron chi connectivity index (χ1n) is 7.64. The number of rotatable bonds is 7. The average molecular weight is 349 g/mol. The number of amides is 1. The molecule has 0 atom stereocenters. The molecule has 1 amide bonds. The summed E-state index contributed by atoms with van der Waals surface area (Å²) in [5.41, 5.74) is 2.35. The topological polar surface area (TPSA) is 59.6 Å². The van der Waals surface area contributed by atoms with Crippen LogP contribution in [0.15, 0.2) is 36.4 Å². The molecule has 0 aliphatic heterocycles. The summed E-state index contributed by atoms with van der Waals surface area (Å²) in [6.07, 6.45) is 0. The Morgan fingerprint density at radius 1 is 1.21 bits per heavy atom. The zero-order valence-corrected chi connectivity index (χ0v) is 14.7. The standard InChI is InChI=1S/C18H21ClN2O3/c1-4-24-14-7-5-13(6-8-14)21-18(22)11-20-16-9-12(2)15(19)10-17(16)23-3/h5-10,20H,4,11H2,1-3H3,(H,21,22). The summed E-state index contributed by atoms with van der Waals surface area (Å²) in [5.74, 6) is 1.21. The lowest BCUT2D eigenvalue weighted by molar-refractivity contribution is -0.114. The highest BCUT2D eigenvalue weighted by molar-refractivity contribution is 6.31. The summed E-state index contributed by atoms with van der Waals surface area (Å²) in [7, 11) is 1.56. The molecule has 0 aromatic heterocycles. The van der Waals surface area contributed by atoms with Gasteiger partial charge in [-0.1, -0.05) is 11.6 Å². The van der Waals surface area contributed by atoms with E-state index in [-0.39, 0.29) is 12.5 Å². The fraction of sp³-hybridized carbons (Fsp3) is 0.278. The Bertz CT molecular complexity index is 702. The quantitative estimate of drug-likeness (QED) is 0.790. The molecule has 0 saturated carbocycles. The second-order valence-corrected chi connectivity index (χ2v) is 5.57. The van der Waals surface area contributed by atoms with E-state index < -0.39 is 0 Å². The first-order valence-corrected chi connectivity index (χ1v) is 8.02. The van der Waals surface area contributed by atoms with Crippen LogP contribution in [0.5, 0.6) is 11.5 Å². The van der Waals surface area contributed by atoms with Crippen molar-refractivity contribution >= 4 is 28.9 Å². The first-order chi connectivity index (χ1) is 11.5. The fourth-order valence-electron chi connectivity index (χ4n) is 2.15. The molecule has 2 aromatic rings. The van der Waals surface area contributed by atoms with Gasteiger partial charge < -0.3 is 20.1 Å². The number of ether oxygens (including phenoxy) is 2. The van der Waals surface area contributed by atoms with E-state index >= 15 is 0 Å². The Morgan fingerprint density at radius 2 is 1.92 bits per heavy atom. The number of hydrogen-bond donors (Lipinski definition) is 2. The van der Waals surface area contributed by atoms with Gasteiger partial charge in [0.05, 0.1) is 25.9 Å². The summed E-state index contributed by atoms with van der Waals surface area (Å²) >= 11 is 6.07. The van der Waals surface area contributed by atoms with Crippen molar-refractivity contribution in [2.45, 2.75) is 13.8 Å². The van der Waals surface area contributed by atoms with E-state index in [1.54, 1.807) is 25.3 Å². The Labute approximate surface area is 146 Å². The predicted molar refractivity (Wildman–Crippen MR) is 97.5 cm³/mol. The van der Waals surface area contributed by atoms with Crippen molar-refractivity contribution in [1.82, 2.24) is 0 Å². The van der Waals surface area contributed by atoms with Crippen LogP contribution < -0.4 is 20.1 Å². The highest BCUT2D eigenvalue weighted by Crippen LogP contribution is 2.30. The SMILES string of the molecule is CCOc1ccc(NC(=O)CNc2cc(C)c(Cl)cc2OC)cc1. The molecule has 6 heteroatoms. The number of carbonyl (C=O) groups is 1. The minimum absolute atomic E-state index is 0.116. The molecule has 0 aliphatic carbocycles. The maximum atomic E-state index is 12.1. The van der Waals surface area contributed by atoms with E-state index in [4.69, 9.17) is 21.1 Å². The van der Waals surface area contributed by atoms with Crippen molar-refractivity contribution in [3.63, 3.8) is 0 Å². The predicted octanol–water partition coefficient (Wildman–Crippen LogP) is 4.11. The fourth-order valence-corrected chi connectivity index (χ4v) is 2.31. The van der Waals surface area contributed by atoms with E-state index in [1.165, 1.54) is 0 Å². The van der Waals surface area contributed by atoms with Crippen LogP contribution in [0.2, 0.25) is 5.02 Å². The van der Waals surface area contributed by atoms with Crippen LogP contribution in [-0.2, 0) is 4.79 Å². The van der Waals surface area contributed by atoms with Crippen LogP contribution in [0, 0.1) is 6.92 Å². The molecule has 5 nitrogen and oxygen atoms in total. The van der Waals surface area contributed by atoms with Gasteiger partial charge in [-0.3, -0.25) is 4.79 Å². The lowest BCUT2D eigenvalue weighted by Gasteiger charge is -2.13. The maximum Gasteiger partial charge on any atom is 0.243 e. The van der Waals surface area contributed by atoms with Crippen molar-refractivity contribution in [1.29, 1.82) is 0 Å². The molecule has 128 valence electrons. The largest absolute Gasteiger partial charge is 0.495 e. The van der Waals surface area contributed by atoms with Gasteiger partial charge in [0.2, 0.25) is 5.91 Å². The second kappa shape index (κ2) is 8.45. The summed E-state index contributed by atoms with van der Waals surface area (Å²) in [4.78, 5) is 12.1. The summed E-state index contributed by atoms with van der Waals surface area (Å²) in [6.45, 7) is 4.55. The van der Waals surface area contributed by atoms with Crippen LogP contribution in [0.1, 0.15) is 12.5 Å². The summed E-state index contributed by atoms with van der Waals surface area (Å²) < 4.78 is 10.6. The van der Waals surface area contributed by atoms with Crippen molar-refractivity contribution in [2.75, 3.05) is 30.9 Å². The van der Waals surface area contributed by atoms with Crippen LogP contribution >= 0.6 is 11.6 Å². The monoisotopic (exact) mass is 348 g/mol. The molecule has 0 fully saturated rings. The van der Waals surface area contributed by atoms with Crippen LogP contribution in [0.3, 0.4) is 0 Å². The zero-order chi connectivity index (χ0) is 17.5. The lowest BCUT2D eigenvalue weighted by atomic mass is 10.2. The molecule has 2 N–H and O–H groups in total. The van der Waals surface area contributed by atoms with E-state index in [1.807, 2.05) is 32.0 Å². The van der Waals surface area contributed by atoms with Gasteiger partial charge in [-0.25, -0.2) is 0 Å². The minimum atomic E-state index is -0.159. The normalized spacial score (nSPS) is 10.2. The molecule has 0 bridgehead atoms.